The van der Waals surface area contributed by atoms with Gasteiger partial charge in [0.15, 0.2) is 0 Å². The van der Waals surface area contributed by atoms with Gasteiger partial charge in [0.25, 0.3) is 0 Å². The molecule has 0 aliphatic heterocycles. The smallest absolute Gasteiger partial charge is 0.302 e. The van der Waals surface area contributed by atoms with E-state index < -0.39 is 0 Å². The van der Waals surface area contributed by atoms with Gasteiger partial charge in [0, 0.05) is 13.8 Å². The Hall–Kier alpha value is -1.06. The molecule has 2 rings (SSSR count). The second-order valence-electron chi connectivity index (χ2n) is 4.93. The first-order valence-electron chi connectivity index (χ1n) is 5.89. The summed E-state index contributed by atoms with van der Waals surface area (Å²) in [6.07, 6.45) is 4.20. The van der Waals surface area contributed by atoms with Crippen LogP contribution in [-0.4, -0.2) is 24.1 Å². The number of rotatable bonds is 3. The Morgan fingerprint density at radius 2 is 1.12 bits per heavy atom. The van der Waals surface area contributed by atoms with Crippen LogP contribution in [0.2, 0.25) is 0 Å². The minimum atomic E-state index is -0.185. The van der Waals surface area contributed by atoms with Crippen molar-refractivity contribution in [2.45, 2.75) is 51.7 Å². The third-order valence-electron chi connectivity index (χ3n) is 3.59. The molecule has 0 saturated heterocycles. The van der Waals surface area contributed by atoms with Gasteiger partial charge in [-0.2, -0.15) is 0 Å². The molecule has 2 aliphatic carbocycles. The lowest BCUT2D eigenvalue weighted by atomic mass is 9.64. The highest BCUT2D eigenvalue weighted by Gasteiger charge is 2.43. The van der Waals surface area contributed by atoms with E-state index in [0.717, 1.165) is 25.7 Å². The molecule has 0 amide bonds. The van der Waals surface area contributed by atoms with Crippen molar-refractivity contribution in [2.24, 2.45) is 11.8 Å². The lowest BCUT2D eigenvalue weighted by Gasteiger charge is -2.46. The van der Waals surface area contributed by atoms with Gasteiger partial charge in [-0.1, -0.05) is 0 Å². The molecule has 0 atom stereocenters. The topological polar surface area (TPSA) is 52.6 Å². The molecular formula is C12H18O4. The molecule has 0 aromatic carbocycles. The molecule has 4 nitrogen and oxygen atoms in total. The van der Waals surface area contributed by atoms with Gasteiger partial charge < -0.3 is 9.47 Å². The summed E-state index contributed by atoms with van der Waals surface area (Å²) in [6, 6.07) is 0. The SMILES string of the molecule is CC(=O)OC1CC(C2CC(OC(C)=O)C2)C1. The fourth-order valence-electron chi connectivity index (χ4n) is 2.64. The lowest BCUT2D eigenvalue weighted by Crippen LogP contribution is -2.44. The molecule has 0 N–H and O–H groups in total. The number of ether oxygens (including phenoxy) is 2. The van der Waals surface area contributed by atoms with Crippen LogP contribution in [-0.2, 0) is 19.1 Å². The van der Waals surface area contributed by atoms with Gasteiger partial charge >= 0.3 is 11.9 Å². The van der Waals surface area contributed by atoms with Crippen LogP contribution in [0.4, 0.5) is 0 Å². The zero-order valence-electron chi connectivity index (χ0n) is 9.77. The van der Waals surface area contributed by atoms with E-state index in [1.165, 1.54) is 13.8 Å². The maximum Gasteiger partial charge on any atom is 0.302 e. The summed E-state index contributed by atoms with van der Waals surface area (Å²) in [5, 5.41) is 0. The molecule has 0 bridgehead atoms. The fourth-order valence-corrected chi connectivity index (χ4v) is 2.64. The van der Waals surface area contributed by atoms with Gasteiger partial charge in [-0.25, -0.2) is 0 Å². The van der Waals surface area contributed by atoms with Crippen molar-refractivity contribution in [2.75, 3.05) is 0 Å². The third-order valence-corrected chi connectivity index (χ3v) is 3.59. The Bertz CT molecular complexity index is 257. The van der Waals surface area contributed by atoms with E-state index in [1.54, 1.807) is 0 Å². The number of hydrogen-bond acceptors (Lipinski definition) is 4. The molecule has 16 heavy (non-hydrogen) atoms. The van der Waals surface area contributed by atoms with E-state index in [2.05, 4.69) is 0 Å². The van der Waals surface area contributed by atoms with Crippen molar-refractivity contribution < 1.29 is 19.1 Å². The van der Waals surface area contributed by atoms with Crippen LogP contribution in [0.5, 0.6) is 0 Å². The molecule has 2 fully saturated rings. The summed E-state index contributed by atoms with van der Waals surface area (Å²) in [4.78, 5) is 21.4. The van der Waals surface area contributed by atoms with Crippen molar-refractivity contribution in [1.82, 2.24) is 0 Å². The van der Waals surface area contributed by atoms with E-state index in [4.69, 9.17) is 9.47 Å². The molecule has 0 aromatic rings. The predicted octanol–water partition coefficient (Wildman–Crippen LogP) is 1.67. The fraction of sp³-hybridized carbons (Fsp3) is 0.833. The highest BCUT2D eigenvalue weighted by molar-refractivity contribution is 5.66. The molecular weight excluding hydrogens is 208 g/mol. The largest absolute Gasteiger partial charge is 0.463 e. The van der Waals surface area contributed by atoms with Gasteiger partial charge in [-0.3, -0.25) is 9.59 Å². The molecule has 4 heteroatoms. The quantitative estimate of drug-likeness (QED) is 0.687. The van der Waals surface area contributed by atoms with Crippen molar-refractivity contribution in [3.8, 4) is 0 Å². The van der Waals surface area contributed by atoms with E-state index in [9.17, 15) is 9.59 Å². The monoisotopic (exact) mass is 226 g/mol. The zero-order valence-corrected chi connectivity index (χ0v) is 9.77. The molecule has 0 heterocycles. The second kappa shape index (κ2) is 4.44. The van der Waals surface area contributed by atoms with Gasteiger partial charge in [0.1, 0.15) is 12.2 Å². The number of carbonyl (C=O) groups excluding carboxylic acids is 2. The number of hydrogen-bond donors (Lipinski definition) is 0. The van der Waals surface area contributed by atoms with E-state index >= 15 is 0 Å². The summed E-state index contributed by atoms with van der Waals surface area (Å²) in [5.41, 5.74) is 0. The molecule has 2 saturated carbocycles. The van der Waals surface area contributed by atoms with Crippen molar-refractivity contribution in [3.63, 3.8) is 0 Å². The van der Waals surface area contributed by atoms with Gasteiger partial charge in [-0.05, 0) is 37.5 Å². The lowest BCUT2D eigenvalue weighted by molar-refractivity contribution is -0.164. The standard InChI is InChI=1S/C12H18O4/c1-7(13)15-11-3-9(4-11)10-5-12(6-10)16-8(2)14/h9-12H,3-6H2,1-2H3. The average molecular weight is 226 g/mol. The summed E-state index contributed by atoms with van der Waals surface area (Å²) in [6.45, 7) is 2.90. The summed E-state index contributed by atoms with van der Waals surface area (Å²) in [7, 11) is 0. The first kappa shape index (κ1) is 11.4. The van der Waals surface area contributed by atoms with Crippen LogP contribution >= 0.6 is 0 Å². The highest BCUT2D eigenvalue weighted by Crippen LogP contribution is 2.46. The minimum absolute atomic E-state index is 0.135. The van der Waals surface area contributed by atoms with Gasteiger partial charge in [0.2, 0.25) is 0 Å². The van der Waals surface area contributed by atoms with Crippen molar-refractivity contribution >= 4 is 11.9 Å². The Morgan fingerprint density at radius 1 is 0.812 bits per heavy atom. The van der Waals surface area contributed by atoms with Crippen LogP contribution in [0.3, 0.4) is 0 Å². The second-order valence-corrected chi connectivity index (χ2v) is 4.93. The predicted molar refractivity (Wildman–Crippen MR) is 56.6 cm³/mol. The van der Waals surface area contributed by atoms with Crippen LogP contribution in [0, 0.1) is 11.8 Å². The average Bonchev–Trinajstić information content (AvgIpc) is 2.03. The van der Waals surface area contributed by atoms with Crippen molar-refractivity contribution in [1.29, 1.82) is 0 Å². The summed E-state index contributed by atoms with van der Waals surface area (Å²) >= 11 is 0. The Kier molecular flexibility index (Phi) is 3.17. The van der Waals surface area contributed by atoms with Crippen molar-refractivity contribution in [3.05, 3.63) is 0 Å². The van der Waals surface area contributed by atoms with E-state index in [1.807, 2.05) is 0 Å². The van der Waals surface area contributed by atoms with E-state index in [-0.39, 0.29) is 24.1 Å². The summed E-state index contributed by atoms with van der Waals surface area (Å²) in [5.74, 6) is 0.956. The first-order valence-corrected chi connectivity index (χ1v) is 5.89. The first-order chi connectivity index (χ1) is 7.54. The molecule has 0 radical (unpaired) electrons. The maximum atomic E-state index is 10.7. The Balaban J connectivity index is 1.60. The maximum absolute atomic E-state index is 10.7. The normalized spacial score (nSPS) is 36.9. The minimum Gasteiger partial charge on any atom is -0.463 e. The van der Waals surface area contributed by atoms with Crippen LogP contribution < -0.4 is 0 Å². The third kappa shape index (κ3) is 2.54. The zero-order chi connectivity index (χ0) is 11.7. The number of carbonyl (C=O) groups is 2. The Morgan fingerprint density at radius 3 is 1.38 bits per heavy atom. The molecule has 0 aromatic heterocycles. The van der Waals surface area contributed by atoms with Gasteiger partial charge in [-0.15, -0.1) is 0 Å². The number of esters is 2. The molecule has 0 unspecified atom stereocenters. The molecule has 2 aliphatic rings. The van der Waals surface area contributed by atoms with Crippen LogP contribution in [0.15, 0.2) is 0 Å². The van der Waals surface area contributed by atoms with Gasteiger partial charge in [0.05, 0.1) is 0 Å². The van der Waals surface area contributed by atoms with Crippen LogP contribution in [0.1, 0.15) is 39.5 Å². The molecule has 90 valence electrons. The summed E-state index contributed by atoms with van der Waals surface area (Å²) < 4.78 is 10.2. The van der Waals surface area contributed by atoms with E-state index in [0.29, 0.717) is 11.8 Å². The Labute approximate surface area is 95.3 Å². The van der Waals surface area contributed by atoms with Crippen LogP contribution in [0.25, 0.3) is 0 Å². The molecule has 0 spiro atoms. The highest BCUT2D eigenvalue weighted by atomic mass is 16.5.